The number of carbonyl (C=O) groups excluding carboxylic acids is 4. The lowest BCUT2D eigenvalue weighted by molar-refractivity contribution is -0.156. The number of anilines is 1. The zero-order valence-corrected chi connectivity index (χ0v) is 21.7. The molecule has 2 aromatic carbocycles. The van der Waals surface area contributed by atoms with Crippen molar-refractivity contribution in [3.05, 3.63) is 70.8 Å². The van der Waals surface area contributed by atoms with Gasteiger partial charge in [0.15, 0.2) is 5.78 Å². The number of fused-ring (bicyclic) bond motifs is 5. The number of allylic oxidation sites excluding steroid dienone is 1. The lowest BCUT2D eigenvalue weighted by Crippen LogP contribution is -2.55. The first-order valence-corrected chi connectivity index (χ1v) is 12.7. The van der Waals surface area contributed by atoms with Crippen LogP contribution >= 0.6 is 0 Å². The van der Waals surface area contributed by atoms with Crippen molar-refractivity contribution in [2.24, 2.45) is 17.8 Å². The Kier molecular flexibility index (Phi) is 5.85. The van der Waals surface area contributed by atoms with E-state index in [2.05, 4.69) is 0 Å². The van der Waals surface area contributed by atoms with Crippen LogP contribution in [0.3, 0.4) is 0 Å². The fraction of sp³-hybridized carbons (Fsp3) is 0.400. The summed E-state index contributed by atoms with van der Waals surface area (Å²) in [4.78, 5) is 56.1. The van der Waals surface area contributed by atoms with Crippen LogP contribution in [0.4, 0.5) is 10.5 Å². The van der Waals surface area contributed by atoms with Gasteiger partial charge in [0.05, 0.1) is 23.6 Å². The molecule has 2 aromatic rings. The number of ketones is 1. The van der Waals surface area contributed by atoms with Crippen LogP contribution in [0.25, 0.3) is 6.08 Å². The fourth-order valence-electron chi connectivity index (χ4n) is 6.32. The maximum atomic E-state index is 14.5. The number of Topliss-reactive ketones (excluding diaryl/α,β-unsaturated/α-hetero) is 1. The van der Waals surface area contributed by atoms with Crippen LogP contribution in [0.15, 0.2) is 54.1 Å². The van der Waals surface area contributed by atoms with E-state index in [1.54, 1.807) is 33.8 Å². The molecule has 0 unspecified atom stereocenters. The van der Waals surface area contributed by atoms with Crippen molar-refractivity contribution in [3.63, 3.8) is 0 Å². The molecule has 7 heteroatoms. The number of carbonyl (C=O) groups is 4. The van der Waals surface area contributed by atoms with Crippen LogP contribution in [0.2, 0.25) is 0 Å². The highest BCUT2D eigenvalue weighted by Gasteiger charge is 2.74. The van der Waals surface area contributed by atoms with Crippen LogP contribution in [0.5, 0.6) is 0 Å². The maximum Gasteiger partial charge on any atom is 0.421 e. The first-order valence-electron chi connectivity index (χ1n) is 12.7. The summed E-state index contributed by atoms with van der Waals surface area (Å²) >= 11 is 0. The van der Waals surface area contributed by atoms with E-state index >= 15 is 0 Å². The monoisotopic (exact) mass is 501 g/mol. The number of aryl methyl sites for hydroxylation is 1. The molecule has 5 rings (SSSR count). The van der Waals surface area contributed by atoms with Gasteiger partial charge in [0.1, 0.15) is 5.60 Å². The zero-order valence-electron chi connectivity index (χ0n) is 21.7. The summed E-state index contributed by atoms with van der Waals surface area (Å²) in [5, 5.41) is 0. The molecule has 2 saturated carbocycles. The number of nitrogens with zero attached hydrogens (tertiary/aromatic N) is 1. The van der Waals surface area contributed by atoms with E-state index in [1.165, 1.54) is 0 Å². The molecule has 7 nitrogen and oxygen atoms in total. The van der Waals surface area contributed by atoms with Crippen LogP contribution in [-0.2, 0) is 29.3 Å². The third kappa shape index (κ3) is 3.71. The van der Waals surface area contributed by atoms with E-state index < -0.39 is 46.7 Å². The van der Waals surface area contributed by atoms with E-state index in [0.717, 1.165) is 16.0 Å². The van der Waals surface area contributed by atoms with Crippen molar-refractivity contribution in [1.29, 1.82) is 0 Å². The third-order valence-electron chi connectivity index (χ3n) is 7.56. The van der Waals surface area contributed by atoms with Crippen LogP contribution < -0.4 is 4.90 Å². The average molecular weight is 502 g/mol. The van der Waals surface area contributed by atoms with Gasteiger partial charge in [-0.3, -0.25) is 14.4 Å². The molecular formula is C30H31NO6. The summed E-state index contributed by atoms with van der Waals surface area (Å²) in [5.41, 5.74) is 0.898. The molecule has 0 saturated heterocycles. The average Bonchev–Trinajstić information content (AvgIpc) is 3.42. The maximum absolute atomic E-state index is 14.5. The van der Waals surface area contributed by atoms with Gasteiger partial charge in [0.2, 0.25) is 5.91 Å². The Morgan fingerprint density at radius 2 is 1.81 bits per heavy atom. The lowest BCUT2D eigenvalue weighted by atomic mass is 9.60. The molecule has 3 aliphatic rings. The number of ether oxygens (including phenoxy) is 2. The van der Waals surface area contributed by atoms with E-state index in [0.29, 0.717) is 23.2 Å². The first-order chi connectivity index (χ1) is 17.5. The van der Waals surface area contributed by atoms with E-state index in [1.807, 2.05) is 55.5 Å². The molecule has 1 aliphatic heterocycles. The van der Waals surface area contributed by atoms with Crippen LogP contribution in [0.1, 0.15) is 50.8 Å². The number of hydrogen-bond acceptors (Lipinski definition) is 6. The standard InChI is InChI=1S/C30H31NO6/c1-6-36-26(33)24-20-16-21(19(25(20)32)15-18-10-8-7-9-11-18)30(24)22-14-17(2)12-13-23(22)31(27(30)34)28(35)37-29(3,4)5/h7-15,20-21,24H,6,16H2,1-5H3/b19-15+/t20-,21-,24-,30-/m1/s1. The highest BCUT2D eigenvalue weighted by molar-refractivity contribution is 6.25. The topological polar surface area (TPSA) is 90.0 Å². The highest BCUT2D eigenvalue weighted by Crippen LogP contribution is 2.66. The van der Waals surface area contributed by atoms with Crippen molar-refractivity contribution < 1.29 is 28.7 Å². The molecule has 1 spiro atoms. The molecule has 192 valence electrons. The number of imide groups is 1. The van der Waals surface area contributed by atoms with Crippen molar-refractivity contribution in [2.75, 3.05) is 11.5 Å². The van der Waals surface area contributed by atoms with Crippen LogP contribution in [0, 0.1) is 24.7 Å². The SMILES string of the molecule is CCOC(=O)[C@H]1[C@H]2C[C@H](/C(=C\c3ccccc3)C2=O)[C@]12C(=O)N(C(=O)OC(C)(C)C)c1ccc(C)cc12. The summed E-state index contributed by atoms with van der Waals surface area (Å²) in [7, 11) is 0. The molecule has 37 heavy (non-hydrogen) atoms. The van der Waals surface area contributed by atoms with Gasteiger partial charge in [0, 0.05) is 17.4 Å². The molecule has 0 aromatic heterocycles. The van der Waals surface area contributed by atoms with Crippen molar-refractivity contribution in [3.8, 4) is 0 Å². The Labute approximate surface area is 216 Å². The molecular weight excluding hydrogens is 470 g/mol. The van der Waals surface area contributed by atoms with Gasteiger partial charge in [-0.05, 0) is 64.3 Å². The molecule has 0 N–H and O–H groups in total. The normalized spacial score (nSPS) is 27.2. The summed E-state index contributed by atoms with van der Waals surface area (Å²) in [6.45, 7) is 8.91. The molecule has 1 heterocycles. The molecule has 2 bridgehead atoms. The quantitative estimate of drug-likeness (QED) is 0.435. The van der Waals surface area contributed by atoms with Gasteiger partial charge in [-0.1, -0.05) is 48.0 Å². The predicted molar refractivity (Wildman–Crippen MR) is 138 cm³/mol. The summed E-state index contributed by atoms with van der Waals surface area (Å²) in [5.74, 6) is -3.60. The first kappa shape index (κ1) is 24.9. The minimum absolute atomic E-state index is 0.119. The van der Waals surface area contributed by atoms with Gasteiger partial charge in [0.25, 0.3) is 0 Å². The fourth-order valence-corrected chi connectivity index (χ4v) is 6.32. The highest BCUT2D eigenvalue weighted by atomic mass is 16.6. The molecule has 2 amide bonds. The molecule has 2 aliphatic carbocycles. The number of amides is 2. The molecule has 2 fully saturated rings. The minimum Gasteiger partial charge on any atom is -0.466 e. The number of rotatable bonds is 3. The van der Waals surface area contributed by atoms with Gasteiger partial charge in [-0.2, -0.15) is 0 Å². The Morgan fingerprint density at radius 3 is 2.46 bits per heavy atom. The van der Waals surface area contributed by atoms with Gasteiger partial charge >= 0.3 is 12.1 Å². The second-order valence-corrected chi connectivity index (χ2v) is 11.0. The van der Waals surface area contributed by atoms with E-state index in [-0.39, 0.29) is 12.4 Å². The van der Waals surface area contributed by atoms with Crippen molar-refractivity contribution in [1.82, 2.24) is 0 Å². The third-order valence-corrected chi connectivity index (χ3v) is 7.56. The lowest BCUT2D eigenvalue weighted by Gasteiger charge is -2.39. The Bertz CT molecular complexity index is 1340. The minimum atomic E-state index is -1.44. The number of benzene rings is 2. The molecule has 0 radical (unpaired) electrons. The van der Waals surface area contributed by atoms with Crippen LogP contribution in [-0.4, -0.2) is 36.0 Å². The molecule has 4 atom stereocenters. The zero-order chi connectivity index (χ0) is 26.7. The summed E-state index contributed by atoms with van der Waals surface area (Å²) < 4.78 is 11.1. The van der Waals surface area contributed by atoms with E-state index in [4.69, 9.17) is 9.47 Å². The summed E-state index contributed by atoms with van der Waals surface area (Å²) in [6.07, 6.45) is 1.35. The number of esters is 1. The van der Waals surface area contributed by atoms with Gasteiger partial charge < -0.3 is 9.47 Å². The second-order valence-electron chi connectivity index (χ2n) is 11.0. The van der Waals surface area contributed by atoms with Crippen molar-refractivity contribution >= 4 is 35.5 Å². The van der Waals surface area contributed by atoms with E-state index in [9.17, 15) is 19.2 Å². The largest absolute Gasteiger partial charge is 0.466 e. The smallest absolute Gasteiger partial charge is 0.421 e. The van der Waals surface area contributed by atoms with Crippen molar-refractivity contribution in [2.45, 2.75) is 52.1 Å². The van der Waals surface area contributed by atoms with Gasteiger partial charge in [-0.25, -0.2) is 9.69 Å². The summed E-state index contributed by atoms with van der Waals surface area (Å²) in [6, 6.07) is 14.8. The Hall–Kier alpha value is -3.74. The Balaban J connectivity index is 1.74. The van der Waals surface area contributed by atoms with Gasteiger partial charge in [-0.15, -0.1) is 0 Å². The second kappa shape index (κ2) is 8.68. The number of hydrogen-bond donors (Lipinski definition) is 0. The Morgan fingerprint density at radius 1 is 1.11 bits per heavy atom. The predicted octanol–water partition coefficient (Wildman–Crippen LogP) is 5.00.